The fraction of sp³-hybridized carbons (Fsp3) is 0.500. The van der Waals surface area contributed by atoms with Crippen LogP contribution in [-0.2, 0) is 4.79 Å². The van der Waals surface area contributed by atoms with Gasteiger partial charge in [0.1, 0.15) is 11.9 Å². The summed E-state index contributed by atoms with van der Waals surface area (Å²) in [5.74, 6) is 0.494. The van der Waals surface area contributed by atoms with E-state index in [0.717, 1.165) is 0 Å². The molecule has 22 heavy (non-hydrogen) atoms. The lowest BCUT2D eigenvalue weighted by molar-refractivity contribution is -0.129. The van der Waals surface area contributed by atoms with Crippen molar-refractivity contribution in [2.75, 3.05) is 32.9 Å². The third-order valence-electron chi connectivity index (χ3n) is 4.05. The molecule has 0 bridgehead atoms. The number of benzene rings is 1. The number of fused-ring (bicyclic) bond motifs is 1. The van der Waals surface area contributed by atoms with E-state index in [1.165, 1.54) is 6.92 Å². The maximum absolute atomic E-state index is 12.5. The van der Waals surface area contributed by atoms with Gasteiger partial charge in [0.2, 0.25) is 5.91 Å². The number of likely N-dealkylation sites (N-methyl/N-ethyl adjacent to an activating group) is 1. The fourth-order valence-electron chi connectivity index (χ4n) is 2.55. The van der Waals surface area contributed by atoms with Gasteiger partial charge in [-0.25, -0.2) is 0 Å². The number of amides is 2. The Morgan fingerprint density at radius 3 is 2.82 bits per heavy atom. The lowest BCUT2D eigenvalue weighted by Crippen LogP contribution is -2.45. The van der Waals surface area contributed by atoms with E-state index in [1.54, 1.807) is 42.1 Å². The van der Waals surface area contributed by atoms with Gasteiger partial charge in [0.05, 0.1) is 12.1 Å². The number of carbonyl (C=O) groups is 2. The highest BCUT2D eigenvalue weighted by molar-refractivity contribution is 5.97. The van der Waals surface area contributed by atoms with Gasteiger partial charge in [0.15, 0.2) is 0 Å². The number of carbonyl (C=O) groups excluding carboxylic acids is 2. The molecule has 2 amide bonds. The summed E-state index contributed by atoms with van der Waals surface area (Å²) in [5.41, 5.74) is 6.77. The van der Waals surface area contributed by atoms with Crippen LogP contribution in [0, 0.1) is 5.92 Å². The number of nitrogens with two attached hydrogens (primary N) is 1. The Labute approximate surface area is 130 Å². The topological polar surface area (TPSA) is 75.9 Å². The average Bonchev–Trinajstić information content (AvgIpc) is 2.46. The van der Waals surface area contributed by atoms with E-state index in [1.807, 2.05) is 6.92 Å². The van der Waals surface area contributed by atoms with Gasteiger partial charge in [0, 0.05) is 39.2 Å². The van der Waals surface area contributed by atoms with Crippen LogP contribution in [0.1, 0.15) is 24.2 Å². The molecule has 0 unspecified atom stereocenters. The van der Waals surface area contributed by atoms with Crippen LogP contribution in [-0.4, -0.2) is 54.9 Å². The Kier molecular flexibility index (Phi) is 4.59. The summed E-state index contributed by atoms with van der Waals surface area (Å²) in [6.45, 7) is 4.58. The van der Waals surface area contributed by atoms with Gasteiger partial charge >= 0.3 is 0 Å². The first-order valence-corrected chi connectivity index (χ1v) is 7.33. The van der Waals surface area contributed by atoms with Crippen molar-refractivity contribution in [1.82, 2.24) is 9.80 Å². The minimum Gasteiger partial charge on any atom is -0.487 e. The number of ether oxygens (including phenoxy) is 1. The molecule has 6 nitrogen and oxygen atoms in total. The van der Waals surface area contributed by atoms with E-state index in [-0.39, 0.29) is 23.8 Å². The minimum absolute atomic E-state index is 0.0141. The molecule has 6 heteroatoms. The van der Waals surface area contributed by atoms with Crippen molar-refractivity contribution in [3.8, 4) is 5.75 Å². The second kappa shape index (κ2) is 6.25. The third-order valence-corrected chi connectivity index (χ3v) is 4.05. The molecule has 1 aliphatic rings. The van der Waals surface area contributed by atoms with Gasteiger partial charge in [-0.05, 0) is 18.2 Å². The predicted octanol–water partition coefficient (Wildman–Crippen LogP) is 1.22. The van der Waals surface area contributed by atoms with Crippen LogP contribution in [0.3, 0.4) is 0 Å². The smallest absolute Gasteiger partial charge is 0.257 e. The maximum Gasteiger partial charge on any atom is 0.257 e. The second-order valence-electron chi connectivity index (χ2n) is 5.97. The van der Waals surface area contributed by atoms with E-state index >= 15 is 0 Å². The molecule has 1 aromatic rings. The lowest BCUT2D eigenvalue weighted by atomic mass is 10.0. The van der Waals surface area contributed by atoms with Gasteiger partial charge in [-0.2, -0.15) is 0 Å². The van der Waals surface area contributed by atoms with Crippen molar-refractivity contribution in [3.05, 3.63) is 23.8 Å². The molecule has 0 spiro atoms. The third kappa shape index (κ3) is 3.32. The molecule has 0 fully saturated rings. The van der Waals surface area contributed by atoms with Crippen LogP contribution in [0.4, 0.5) is 5.69 Å². The summed E-state index contributed by atoms with van der Waals surface area (Å²) in [4.78, 5) is 27.2. The first kappa shape index (κ1) is 16.1. The summed E-state index contributed by atoms with van der Waals surface area (Å²) in [6.07, 6.45) is -0.188. The zero-order chi connectivity index (χ0) is 16.4. The summed E-state index contributed by atoms with van der Waals surface area (Å²) in [5, 5.41) is 0. The van der Waals surface area contributed by atoms with Crippen molar-refractivity contribution in [2.45, 2.75) is 20.0 Å². The number of anilines is 1. The molecule has 0 aromatic heterocycles. The normalized spacial score (nSPS) is 21.5. The number of nitrogens with zero attached hydrogens (tertiary/aromatic N) is 2. The maximum atomic E-state index is 12.5. The second-order valence-corrected chi connectivity index (χ2v) is 5.97. The number of nitrogen functional groups attached to an aromatic ring is 1. The molecular formula is C16H23N3O3. The molecule has 0 radical (unpaired) electrons. The van der Waals surface area contributed by atoms with Crippen molar-refractivity contribution < 1.29 is 14.3 Å². The standard InChI is InChI=1S/C16H23N3O3/c1-10-8-19(4)16(21)13-7-12(17)5-6-14(13)22-15(10)9-18(3)11(2)20/h5-7,10,15H,8-9,17H2,1-4H3/t10-,15-/m0/s1. The van der Waals surface area contributed by atoms with Crippen LogP contribution in [0.2, 0.25) is 0 Å². The zero-order valence-corrected chi connectivity index (χ0v) is 13.5. The van der Waals surface area contributed by atoms with E-state index in [9.17, 15) is 9.59 Å². The molecule has 2 atom stereocenters. The van der Waals surface area contributed by atoms with Gasteiger partial charge in [0.25, 0.3) is 5.91 Å². The highest BCUT2D eigenvalue weighted by Crippen LogP contribution is 2.28. The molecule has 1 heterocycles. The Bertz CT molecular complexity index is 588. The predicted molar refractivity (Wildman–Crippen MR) is 84.7 cm³/mol. The Balaban J connectivity index is 2.35. The average molecular weight is 305 g/mol. The molecule has 0 aliphatic carbocycles. The van der Waals surface area contributed by atoms with Gasteiger partial charge in [-0.15, -0.1) is 0 Å². The van der Waals surface area contributed by atoms with Gasteiger partial charge in [-0.1, -0.05) is 6.92 Å². The van der Waals surface area contributed by atoms with Crippen LogP contribution >= 0.6 is 0 Å². The SMILES string of the molecule is CC(=O)N(C)C[C@@H]1Oc2ccc(N)cc2C(=O)N(C)C[C@@H]1C. The molecule has 1 aliphatic heterocycles. The van der Waals surface area contributed by atoms with E-state index in [2.05, 4.69) is 0 Å². The van der Waals surface area contributed by atoms with Gasteiger partial charge in [-0.3, -0.25) is 9.59 Å². The first-order valence-electron chi connectivity index (χ1n) is 7.33. The zero-order valence-electron chi connectivity index (χ0n) is 13.5. The largest absolute Gasteiger partial charge is 0.487 e. The van der Waals surface area contributed by atoms with Crippen LogP contribution in [0.5, 0.6) is 5.75 Å². The monoisotopic (exact) mass is 305 g/mol. The highest BCUT2D eigenvalue weighted by Gasteiger charge is 2.30. The summed E-state index contributed by atoms with van der Waals surface area (Å²) in [7, 11) is 3.51. The summed E-state index contributed by atoms with van der Waals surface area (Å²) >= 11 is 0. The summed E-state index contributed by atoms with van der Waals surface area (Å²) in [6, 6.07) is 5.06. The van der Waals surface area contributed by atoms with Crippen LogP contribution < -0.4 is 10.5 Å². The van der Waals surface area contributed by atoms with E-state index < -0.39 is 0 Å². The van der Waals surface area contributed by atoms with Crippen molar-refractivity contribution in [2.24, 2.45) is 5.92 Å². The Morgan fingerprint density at radius 2 is 2.18 bits per heavy atom. The van der Waals surface area contributed by atoms with Crippen LogP contribution in [0.15, 0.2) is 18.2 Å². The number of hydrogen-bond donors (Lipinski definition) is 1. The van der Waals surface area contributed by atoms with E-state index in [4.69, 9.17) is 10.5 Å². The number of rotatable bonds is 2. The minimum atomic E-state index is -0.188. The Morgan fingerprint density at radius 1 is 1.50 bits per heavy atom. The van der Waals surface area contributed by atoms with Crippen molar-refractivity contribution in [1.29, 1.82) is 0 Å². The number of hydrogen-bond acceptors (Lipinski definition) is 4. The van der Waals surface area contributed by atoms with Crippen molar-refractivity contribution >= 4 is 17.5 Å². The molecule has 2 N–H and O–H groups in total. The highest BCUT2D eigenvalue weighted by atomic mass is 16.5. The molecule has 120 valence electrons. The molecular weight excluding hydrogens is 282 g/mol. The molecule has 1 aromatic carbocycles. The van der Waals surface area contributed by atoms with E-state index in [0.29, 0.717) is 30.1 Å². The molecule has 2 rings (SSSR count). The van der Waals surface area contributed by atoms with Crippen LogP contribution in [0.25, 0.3) is 0 Å². The lowest BCUT2D eigenvalue weighted by Gasteiger charge is -2.34. The quantitative estimate of drug-likeness (QED) is 0.834. The Hall–Kier alpha value is -2.24. The van der Waals surface area contributed by atoms with Gasteiger partial charge < -0.3 is 20.3 Å². The first-order chi connectivity index (χ1) is 10.3. The molecule has 0 saturated carbocycles. The fourth-order valence-corrected chi connectivity index (χ4v) is 2.55. The summed E-state index contributed by atoms with van der Waals surface area (Å²) < 4.78 is 6.05. The van der Waals surface area contributed by atoms with Crippen molar-refractivity contribution in [3.63, 3.8) is 0 Å². The molecule has 0 saturated heterocycles.